The van der Waals surface area contributed by atoms with Crippen molar-refractivity contribution in [2.24, 2.45) is 0 Å². The largest absolute Gasteiger partial charge is 0.476 e. The van der Waals surface area contributed by atoms with Gasteiger partial charge in [0.25, 0.3) is 0 Å². The Morgan fingerprint density at radius 3 is 1.25 bits per heavy atom. The Kier molecular flexibility index (Phi) is 6.58. The number of nitrogens with one attached hydrogen (secondary N) is 1. The van der Waals surface area contributed by atoms with Gasteiger partial charge in [-0.2, -0.15) is 8.42 Å². The van der Waals surface area contributed by atoms with E-state index in [0.29, 0.717) is 0 Å². The molecule has 1 N–H and O–H groups in total. The molecule has 8 heavy (non-hydrogen) atoms. The van der Waals surface area contributed by atoms with Crippen molar-refractivity contribution in [3.05, 3.63) is 0 Å². The average molecular weight is 147 g/mol. The monoisotopic (exact) mass is 147 g/mol. The van der Waals surface area contributed by atoms with Crippen LogP contribution in [0.2, 0.25) is 0 Å². The molecule has 0 atom stereocenters. The zero-order valence-corrected chi connectivity index (χ0v) is 5.30. The van der Waals surface area contributed by atoms with Gasteiger partial charge in [-0.25, -0.2) is 0 Å². The normalized spacial score (nSPS) is 9.50. The van der Waals surface area contributed by atoms with E-state index in [9.17, 15) is 7.77 Å². The zero-order valence-electron chi connectivity index (χ0n) is 4.48. The van der Waals surface area contributed by atoms with Gasteiger partial charge in [0.15, 0.2) is 0 Å². The van der Waals surface area contributed by atoms with Crippen LogP contribution in [-0.4, -0.2) is 22.5 Å². The molecular weight excluding hydrogens is 140 g/mol. The predicted molar refractivity (Wildman–Crippen MR) is 26.1 cm³/mol. The maximum Gasteiger partial charge on any atom is 0.476 e. The van der Waals surface area contributed by atoms with Crippen LogP contribution in [0, 0.1) is 0 Å². The number of rotatable bonds is 0. The van der Waals surface area contributed by atoms with E-state index in [1.54, 1.807) is 0 Å². The first-order valence-corrected chi connectivity index (χ1v) is 2.93. The van der Waals surface area contributed by atoms with Crippen molar-refractivity contribution in [3.8, 4) is 0 Å². The fraction of sp³-hybridized carbons (Fsp3) is 1.00. The summed E-state index contributed by atoms with van der Waals surface area (Å²) >= 11 is 0. The minimum absolute atomic E-state index is 1.88. The molecule has 0 saturated carbocycles. The van der Waals surface area contributed by atoms with Gasteiger partial charge in [-0.3, -0.25) is 0 Å². The molecule has 0 aliphatic rings. The second-order valence-corrected chi connectivity index (χ2v) is 1.64. The third kappa shape index (κ3) is 2480. The molecule has 0 unspecified atom stereocenters. The van der Waals surface area contributed by atoms with Gasteiger partial charge in [0.05, 0.1) is 0 Å². The van der Waals surface area contributed by atoms with Crippen molar-refractivity contribution in [1.29, 1.82) is 0 Å². The van der Waals surface area contributed by atoms with Crippen LogP contribution in [0.3, 0.4) is 0 Å². The highest BCUT2D eigenvalue weighted by atomic mass is 32.3. The van der Waals surface area contributed by atoms with Crippen LogP contribution in [0.4, 0.5) is 7.77 Å². The van der Waals surface area contributed by atoms with Gasteiger partial charge in [0.2, 0.25) is 0 Å². The highest BCUT2D eigenvalue weighted by Gasteiger charge is 1.94. The van der Waals surface area contributed by atoms with E-state index >= 15 is 0 Å². The smallest absolute Gasteiger partial charge is 0.323 e. The first-order valence-electron chi connectivity index (χ1n) is 1.64. The Morgan fingerprint density at radius 1 is 1.25 bits per heavy atom. The molecule has 0 spiro atoms. The fourth-order valence-corrected chi connectivity index (χ4v) is 0. The van der Waals surface area contributed by atoms with E-state index in [4.69, 9.17) is 8.42 Å². The third-order valence-corrected chi connectivity index (χ3v) is 0. The molecule has 0 aromatic heterocycles. The van der Waals surface area contributed by atoms with Crippen LogP contribution in [0.5, 0.6) is 0 Å². The summed E-state index contributed by atoms with van der Waals surface area (Å²) in [6, 6.07) is 0. The molecule has 0 aliphatic heterocycles. The number of hydrogen-bond donors (Lipinski definition) is 1. The topological polar surface area (TPSA) is 46.2 Å². The second-order valence-electron chi connectivity index (χ2n) is 0.878. The highest BCUT2D eigenvalue weighted by molar-refractivity contribution is 7.81. The van der Waals surface area contributed by atoms with E-state index in [1.165, 1.54) is 0 Å². The SMILES string of the molecule is CNC.O=S(=O)(F)F. The van der Waals surface area contributed by atoms with Crippen molar-refractivity contribution in [1.82, 2.24) is 5.32 Å². The summed E-state index contributed by atoms with van der Waals surface area (Å²) < 4.78 is 36.6. The van der Waals surface area contributed by atoms with E-state index in [2.05, 4.69) is 5.32 Å². The molecule has 3 nitrogen and oxygen atoms in total. The molecule has 0 aromatic rings. The molecular formula is C2H7F2NO2S. The number of halogens is 2. The zero-order chi connectivity index (χ0) is 7.21. The second kappa shape index (κ2) is 4.92. The summed E-state index contributed by atoms with van der Waals surface area (Å²) in [5.41, 5.74) is 0. The third-order valence-electron chi connectivity index (χ3n) is 0. The Bertz CT molecular complexity index is 112. The summed E-state index contributed by atoms with van der Waals surface area (Å²) in [5, 5.41) is 2.75. The molecule has 0 fully saturated rings. The standard InChI is InChI=1S/C2H7N.F2O2S/c1-3-2;1-5(2,3)4/h3H,1-2H3;. The Balaban J connectivity index is 0. The van der Waals surface area contributed by atoms with Crippen molar-refractivity contribution in [2.75, 3.05) is 14.1 Å². The lowest BCUT2D eigenvalue weighted by molar-refractivity contribution is 0.501. The van der Waals surface area contributed by atoms with Crippen molar-refractivity contribution >= 4 is 10.6 Å². The molecule has 52 valence electrons. The van der Waals surface area contributed by atoms with Gasteiger partial charge < -0.3 is 5.32 Å². The average Bonchev–Trinajstić information content (AvgIpc) is 1.27. The molecule has 6 heteroatoms. The van der Waals surface area contributed by atoms with Crippen LogP contribution >= 0.6 is 0 Å². The van der Waals surface area contributed by atoms with Gasteiger partial charge in [-0.05, 0) is 14.1 Å². The van der Waals surface area contributed by atoms with E-state index < -0.39 is 10.6 Å². The Hall–Kier alpha value is -0.230. The van der Waals surface area contributed by atoms with Crippen molar-refractivity contribution in [3.63, 3.8) is 0 Å². The van der Waals surface area contributed by atoms with Crippen LogP contribution in [0.15, 0.2) is 0 Å². The molecule has 0 aromatic carbocycles. The number of hydrogen-bond acceptors (Lipinski definition) is 3. The molecule has 0 aliphatic carbocycles. The van der Waals surface area contributed by atoms with Crippen LogP contribution < -0.4 is 5.32 Å². The maximum atomic E-state index is 9.99. The minimum atomic E-state index is -5.67. The summed E-state index contributed by atoms with van der Waals surface area (Å²) in [6.07, 6.45) is 0. The predicted octanol–water partition coefficient (Wildman–Crippen LogP) is 0.00580. The molecule has 0 amide bonds. The fourth-order valence-electron chi connectivity index (χ4n) is 0. The van der Waals surface area contributed by atoms with E-state index in [0.717, 1.165) is 0 Å². The van der Waals surface area contributed by atoms with Crippen molar-refractivity contribution < 1.29 is 16.2 Å². The molecule has 0 bridgehead atoms. The van der Waals surface area contributed by atoms with Gasteiger partial charge in [-0.1, -0.05) is 7.77 Å². The molecule has 0 heterocycles. The Labute approximate surface area is 47.2 Å². The summed E-state index contributed by atoms with van der Waals surface area (Å²) in [5.74, 6) is 0. The molecule has 0 radical (unpaired) electrons. The first kappa shape index (κ1) is 10.7. The van der Waals surface area contributed by atoms with Gasteiger partial charge in [0.1, 0.15) is 0 Å². The van der Waals surface area contributed by atoms with Gasteiger partial charge in [0, 0.05) is 0 Å². The lowest BCUT2D eigenvalue weighted by Gasteiger charge is -1.59. The summed E-state index contributed by atoms with van der Waals surface area (Å²) in [7, 11) is -1.92. The molecule has 0 rings (SSSR count). The van der Waals surface area contributed by atoms with E-state index in [-0.39, 0.29) is 0 Å². The van der Waals surface area contributed by atoms with Crippen LogP contribution in [-0.2, 0) is 10.6 Å². The summed E-state index contributed by atoms with van der Waals surface area (Å²) in [6.45, 7) is 0. The van der Waals surface area contributed by atoms with Crippen LogP contribution in [0.25, 0.3) is 0 Å². The Morgan fingerprint density at radius 2 is 1.25 bits per heavy atom. The van der Waals surface area contributed by atoms with Gasteiger partial charge in [-0.15, -0.1) is 0 Å². The maximum absolute atomic E-state index is 9.99. The van der Waals surface area contributed by atoms with Gasteiger partial charge >= 0.3 is 10.6 Å². The summed E-state index contributed by atoms with van der Waals surface area (Å²) in [4.78, 5) is 0. The highest BCUT2D eigenvalue weighted by Crippen LogP contribution is 1.85. The van der Waals surface area contributed by atoms with Crippen LogP contribution in [0.1, 0.15) is 0 Å². The van der Waals surface area contributed by atoms with E-state index in [1.807, 2.05) is 14.1 Å². The molecule has 0 saturated heterocycles. The first-order chi connectivity index (χ1) is 3.41. The minimum Gasteiger partial charge on any atom is -0.323 e. The quantitative estimate of drug-likeness (QED) is 0.491. The lowest BCUT2D eigenvalue weighted by Crippen LogP contribution is -1.89. The van der Waals surface area contributed by atoms with Crippen molar-refractivity contribution in [2.45, 2.75) is 0 Å². The lowest BCUT2D eigenvalue weighted by atomic mass is 11.3.